The molecular weight excluding hydrogens is 380 g/mol. The molecule has 0 saturated carbocycles. The van der Waals surface area contributed by atoms with Crippen molar-refractivity contribution in [2.45, 2.75) is 12.8 Å². The number of hydrogen-bond donors (Lipinski definition) is 0. The molecule has 0 bridgehead atoms. The summed E-state index contributed by atoms with van der Waals surface area (Å²) >= 11 is 0. The number of nitrogens with zero attached hydrogens (tertiary/aromatic N) is 4. The zero-order valence-corrected chi connectivity index (χ0v) is 16.6. The van der Waals surface area contributed by atoms with Gasteiger partial charge in [0.2, 0.25) is 0 Å². The molecule has 4 heterocycles. The van der Waals surface area contributed by atoms with Crippen LogP contribution in [0, 0.1) is 0 Å². The van der Waals surface area contributed by atoms with E-state index in [0.717, 1.165) is 46.0 Å². The Morgan fingerprint density at radius 1 is 0.677 bits per heavy atom. The summed E-state index contributed by atoms with van der Waals surface area (Å²) in [5.41, 5.74) is 12.5. The number of imidazole rings is 1. The average Bonchev–Trinajstić information content (AvgIpc) is 3.48. The van der Waals surface area contributed by atoms with Crippen LogP contribution in [0.5, 0.6) is 0 Å². The van der Waals surface area contributed by atoms with Gasteiger partial charge < -0.3 is 0 Å². The SMILES string of the molecule is c1ccc2c(c1)Cc1ccc3c(c1-2)-c1nc2c4ccncc4c4cccnc4n2c1C3. The van der Waals surface area contributed by atoms with Crippen molar-refractivity contribution in [3.05, 3.63) is 95.6 Å². The molecule has 0 spiro atoms. The van der Waals surface area contributed by atoms with Crippen molar-refractivity contribution in [3.8, 4) is 22.4 Å². The average molecular weight is 396 g/mol. The van der Waals surface area contributed by atoms with Gasteiger partial charge in [-0.3, -0.25) is 9.38 Å². The van der Waals surface area contributed by atoms with E-state index in [4.69, 9.17) is 9.97 Å². The van der Waals surface area contributed by atoms with Gasteiger partial charge in [0.05, 0.1) is 11.4 Å². The van der Waals surface area contributed by atoms with E-state index in [-0.39, 0.29) is 0 Å². The fourth-order valence-corrected chi connectivity index (χ4v) is 5.68. The molecule has 2 aliphatic carbocycles. The maximum atomic E-state index is 5.26. The lowest BCUT2D eigenvalue weighted by atomic mass is 9.96. The number of hydrogen-bond acceptors (Lipinski definition) is 3. The van der Waals surface area contributed by atoms with Gasteiger partial charge in [0.25, 0.3) is 0 Å². The number of rotatable bonds is 0. The molecule has 0 radical (unpaired) electrons. The molecule has 4 aromatic heterocycles. The Balaban J connectivity index is 1.55. The van der Waals surface area contributed by atoms with E-state index in [1.807, 2.05) is 24.7 Å². The van der Waals surface area contributed by atoms with Crippen LogP contribution in [0.3, 0.4) is 0 Å². The summed E-state index contributed by atoms with van der Waals surface area (Å²) in [5.74, 6) is 0. The van der Waals surface area contributed by atoms with Crippen LogP contribution in [-0.4, -0.2) is 19.4 Å². The minimum Gasteiger partial charge on any atom is -0.279 e. The molecule has 31 heavy (non-hydrogen) atoms. The molecule has 0 fully saturated rings. The molecule has 8 rings (SSSR count). The highest BCUT2D eigenvalue weighted by Gasteiger charge is 2.32. The van der Waals surface area contributed by atoms with Gasteiger partial charge in [-0.1, -0.05) is 36.4 Å². The van der Waals surface area contributed by atoms with Gasteiger partial charge >= 0.3 is 0 Å². The van der Waals surface area contributed by atoms with Gasteiger partial charge in [-0.15, -0.1) is 0 Å². The van der Waals surface area contributed by atoms with Crippen molar-refractivity contribution in [2.24, 2.45) is 0 Å². The first-order valence-electron chi connectivity index (χ1n) is 10.6. The van der Waals surface area contributed by atoms with Crippen molar-refractivity contribution in [1.82, 2.24) is 19.4 Å². The van der Waals surface area contributed by atoms with E-state index in [1.165, 1.54) is 39.1 Å². The second-order valence-electron chi connectivity index (χ2n) is 8.51. The predicted molar refractivity (Wildman–Crippen MR) is 122 cm³/mol. The Morgan fingerprint density at radius 2 is 1.55 bits per heavy atom. The molecular formula is C27H16N4. The van der Waals surface area contributed by atoms with Crippen molar-refractivity contribution < 1.29 is 0 Å². The first kappa shape index (κ1) is 15.7. The Kier molecular flexibility index (Phi) is 2.72. The zero-order valence-electron chi connectivity index (χ0n) is 16.6. The maximum Gasteiger partial charge on any atom is 0.147 e. The summed E-state index contributed by atoms with van der Waals surface area (Å²) < 4.78 is 2.28. The van der Waals surface area contributed by atoms with E-state index in [9.17, 15) is 0 Å². The van der Waals surface area contributed by atoms with Gasteiger partial charge in [0.15, 0.2) is 0 Å². The smallest absolute Gasteiger partial charge is 0.147 e. The van der Waals surface area contributed by atoms with Crippen molar-refractivity contribution in [3.63, 3.8) is 0 Å². The van der Waals surface area contributed by atoms with Gasteiger partial charge in [0, 0.05) is 46.7 Å². The summed E-state index contributed by atoms with van der Waals surface area (Å²) in [6.45, 7) is 0. The summed E-state index contributed by atoms with van der Waals surface area (Å²) in [5, 5.41) is 3.34. The number of benzene rings is 2. The van der Waals surface area contributed by atoms with E-state index in [2.05, 4.69) is 57.9 Å². The lowest BCUT2D eigenvalue weighted by Gasteiger charge is -2.10. The normalized spacial score (nSPS) is 13.5. The molecule has 4 heteroatoms. The summed E-state index contributed by atoms with van der Waals surface area (Å²) in [4.78, 5) is 14.4. The summed E-state index contributed by atoms with van der Waals surface area (Å²) in [6.07, 6.45) is 7.53. The van der Waals surface area contributed by atoms with Crippen LogP contribution < -0.4 is 0 Å². The molecule has 2 aromatic carbocycles. The summed E-state index contributed by atoms with van der Waals surface area (Å²) in [6, 6.07) is 19.6. The zero-order chi connectivity index (χ0) is 20.1. The Hall–Kier alpha value is -4.05. The monoisotopic (exact) mass is 396 g/mol. The Labute approximate surface area is 177 Å². The number of fused-ring (bicyclic) bond motifs is 14. The van der Waals surface area contributed by atoms with Crippen molar-refractivity contribution in [2.75, 3.05) is 0 Å². The highest BCUT2D eigenvalue weighted by atomic mass is 15.1. The minimum absolute atomic E-state index is 0.879. The fraction of sp³-hybridized carbons (Fsp3) is 0.0741. The van der Waals surface area contributed by atoms with Crippen LogP contribution in [0.4, 0.5) is 0 Å². The molecule has 6 aromatic rings. The highest BCUT2D eigenvalue weighted by molar-refractivity contribution is 6.11. The summed E-state index contributed by atoms with van der Waals surface area (Å²) in [7, 11) is 0. The Morgan fingerprint density at radius 3 is 2.52 bits per heavy atom. The lowest BCUT2D eigenvalue weighted by Crippen LogP contribution is -1.98. The van der Waals surface area contributed by atoms with Crippen molar-refractivity contribution in [1.29, 1.82) is 0 Å². The van der Waals surface area contributed by atoms with Gasteiger partial charge in [-0.05, 0) is 52.4 Å². The predicted octanol–water partition coefficient (Wildman–Crippen LogP) is 5.57. The third kappa shape index (κ3) is 1.84. The van der Waals surface area contributed by atoms with Crippen LogP contribution in [0.25, 0.3) is 49.8 Å². The molecule has 0 saturated heterocycles. The molecule has 4 nitrogen and oxygen atoms in total. The third-order valence-corrected chi connectivity index (χ3v) is 6.96. The molecule has 0 aliphatic heterocycles. The van der Waals surface area contributed by atoms with Crippen LogP contribution in [0.15, 0.2) is 73.2 Å². The molecule has 144 valence electrons. The molecule has 0 unspecified atom stereocenters. The largest absolute Gasteiger partial charge is 0.279 e. The topological polar surface area (TPSA) is 43.1 Å². The van der Waals surface area contributed by atoms with E-state index >= 15 is 0 Å². The first-order chi connectivity index (χ1) is 15.4. The molecule has 0 N–H and O–H groups in total. The van der Waals surface area contributed by atoms with E-state index in [1.54, 1.807) is 0 Å². The molecule has 2 aliphatic rings. The third-order valence-electron chi connectivity index (χ3n) is 6.96. The minimum atomic E-state index is 0.879. The van der Waals surface area contributed by atoms with Gasteiger partial charge in [-0.25, -0.2) is 9.97 Å². The van der Waals surface area contributed by atoms with Crippen LogP contribution >= 0.6 is 0 Å². The quantitative estimate of drug-likeness (QED) is 0.315. The highest BCUT2D eigenvalue weighted by Crippen LogP contribution is 2.49. The van der Waals surface area contributed by atoms with Crippen LogP contribution in [0.2, 0.25) is 0 Å². The molecule has 0 amide bonds. The lowest BCUT2D eigenvalue weighted by molar-refractivity contribution is 1.07. The van der Waals surface area contributed by atoms with Crippen LogP contribution in [-0.2, 0) is 12.8 Å². The van der Waals surface area contributed by atoms with E-state index in [0.29, 0.717) is 0 Å². The van der Waals surface area contributed by atoms with Gasteiger partial charge in [0.1, 0.15) is 11.3 Å². The number of aromatic nitrogens is 4. The second kappa shape index (κ2) is 5.35. The first-order valence-corrected chi connectivity index (χ1v) is 10.6. The standard InChI is InChI=1S/C27H16N4/c1-2-5-18-15(4-1)12-16-7-8-17-13-22-25(24(17)23(16)18)30-27-20-9-11-28-14-21(20)19-6-3-10-29-26(19)31(22)27/h1-11,14H,12-13H2. The van der Waals surface area contributed by atoms with E-state index < -0.39 is 0 Å². The maximum absolute atomic E-state index is 5.26. The Bertz CT molecular complexity index is 1740. The van der Waals surface area contributed by atoms with Crippen LogP contribution in [0.1, 0.15) is 22.4 Å². The van der Waals surface area contributed by atoms with Gasteiger partial charge in [-0.2, -0.15) is 0 Å². The molecule has 0 atom stereocenters. The number of pyridine rings is 3. The van der Waals surface area contributed by atoms with Crippen molar-refractivity contribution >= 4 is 27.5 Å². The second-order valence-corrected chi connectivity index (χ2v) is 8.51. The fourth-order valence-electron chi connectivity index (χ4n) is 5.68.